The average molecular weight is 415 g/mol. The van der Waals surface area contributed by atoms with Crippen LogP contribution in [0.4, 0.5) is 0 Å². The molecular formula is C18H15ClN6O4. The minimum absolute atomic E-state index is 0.0394. The summed E-state index contributed by atoms with van der Waals surface area (Å²) >= 11 is 5.59. The Labute approximate surface area is 169 Å². The highest BCUT2D eigenvalue weighted by molar-refractivity contribution is 6.13. The number of esters is 1. The highest BCUT2D eigenvalue weighted by atomic mass is 35.5. The van der Waals surface area contributed by atoms with E-state index in [4.69, 9.17) is 22.1 Å². The third kappa shape index (κ3) is 4.16. The maximum absolute atomic E-state index is 11.4. The number of fused-ring (bicyclic) bond motifs is 2. The average Bonchev–Trinajstić information content (AvgIpc) is 3.38. The lowest BCUT2D eigenvalue weighted by Gasteiger charge is -2.07. The number of benzene rings is 1. The van der Waals surface area contributed by atoms with E-state index < -0.39 is 11.9 Å². The van der Waals surface area contributed by atoms with Gasteiger partial charge in [-0.25, -0.2) is 19.4 Å². The van der Waals surface area contributed by atoms with Crippen molar-refractivity contribution in [1.29, 1.82) is 5.26 Å². The molecule has 0 bridgehead atoms. The van der Waals surface area contributed by atoms with E-state index in [0.29, 0.717) is 0 Å². The predicted octanol–water partition coefficient (Wildman–Crippen LogP) is 1.90. The molecule has 2 N–H and O–H groups in total. The lowest BCUT2D eigenvalue weighted by atomic mass is 10.1. The fourth-order valence-electron chi connectivity index (χ4n) is 2.98. The summed E-state index contributed by atoms with van der Waals surface area (Å²) in [6.45, 7) is 0. The van der Waals surface area contributed by atoms with Crippen molar-refractivity contribution in [2.75, 3.05) is 7.11 Å². The van der Waals surface area contributed by atoms with Crippen molar-refractivity contribution in [2.24, 2.45) is 0 Å². The quantitative estimate of drug-likeness (QED) is 0.485. The zero-order valence-corrected chi connectivity index (χ0v) is 15.9. The normalized spacial score (nSPS) is 14.4. The van der Waals surface area contributed by atoms with E-state index in [1.807, 2.05) is 18.2 Å². The number of carboxylic acids is 1. The molecule has 2 heterocycles. The Bertz CT molecular complexity index is 1120. The lowest BCUT2D eigenvalue weighted by Crippen LogP contribution is -2.13. The fraction of sp³-hybridized carbons (Fsp3) is 0.222. The molecule has 1 atom stereocenters. The van der Waals surface area contributed by atoms with Gasteiger partial charge >= 0.3 is 11.9 Å². The second kappa shape index (κ2) is 8.64. The van der Waals surface area contributed by atoms with Crippen LogP contribution < -0.4 is 4.84 Å². The number of methoxy groups -OCH3 is 1. The standard InChI is InChI=1S/C10H9ClN2.C8H6N4O4/c11-13-10-4-2-8-5-7(6-12)1-3-9(8)10;1-16-8(15)5-2-4(7(13)14)10-6-3-9-11-12(5)6/h1,3,5,10,13H,2,4H2;2-3H,1H3,(H,13,14)/t10-;/m0./s1. The van der Waals surface area contributed by atoms with E-state index in [2.05, 4.69) is 30.9 Å². The summed E-state index contributed by atoms with van der Waals surface area (Å²) in [6, 6.07) is 9.24. The smallest absolute Gasteiger partial charge is 0.356 e. The first-order valence-corrected chi connectivity index (χ1v) is 8.78. The summed E-state index contributed by atoms with van der Waals surface area (Å²) in [5.74, 6) is -1.95. The van der Waals surface area contributed by atoms with Gasteiger partial charge < -0.3 is 9.84 Å². The number of hydrogen-bond donors (Lipinski definition) is 2. The zero-order valence-electron chi connectivity index (χ0n) is 15.2. The molecule has 4 rings (SSSR count). The zero-order chi connectivity index (χ0) is 21.0. The Morgan fingerprint density at radius 3 is 2.86 bits per heavy atom. The van der Waals surface area contributed by atoms with Crippen molar-refractivity contribution in [3.63, 3.8) is 0 Å². The van der Waals surface area contributed by atoms with Crippen LogP contribution >= 0.6 is 11.8 Å². The number of carboxylic acid groups (broad SMARTS) is 1. The molecule has 0 fully saturated rings. The van der Waals surface area contributed by atoms with Gasteiger partial charge in [0.1, 0.15) is 0 Å². The largest absolute Gasteiger partial charge is 0.477 e. The molecule has 10 nitrogen and oxygen atoms in total. The minimum atomic E-state index is -1.24. The first-order valence-electron chi connectivity index (χ1n) is 8.40. The van der Waals surface area contributed by atoms with Gasteiger partial charge in [-0.2, -0.15) is 9.78 Å². The number of aromatic carboxylic acids is 1. The van der Waals surface area contributed by atoms with E-state index in [9.17, 15) is 9.59 Å². The van der Waals surface area contributed by atoms with Crippen LogP contribution in [0.25, 0.3) is 5.65 Å². The first-order chi connectivity index (χ1) is 14.0. The van der Waals surface area contributed by atoms with Crippen molar-refractivity contribution in [1.82, 2.24) is 24.6 Å². The Morgan fingerprint density at radius 1 is 1.41 bits per heavy atom. The van der Waals surface area contributed by atoms with E-state index in [-0.39, 0.29) is 23.1 Å². The number of rotatable bonds is 3. The molecule has 1 aromatic carbocycles. The molecule has 1 aliphatic carbocycles. The summed E-state index contributed by atoms with van der Waals surface area (Å²) < 4.78 is 5.61. The molecule has 148 valence electrons. The number of carbonyl (C=O) groups is 2. The summed E-state index contributed by atoms with van der Waals surface area (Å²) in [6.07, 6.45) is 3.28. The van der Waals surface area contributed by atoms with Gasteiger partial charge in [0.15, 0.2) is 17.0 Å². The monoisotopic (exact) mass is 414 g/mol. The van der Waals surface area contributed by atoms with Crippen LogP contribution in [-0.2, 0) is 11.2 Å². The van der Waals surface area contributed by atoms with Crippen LogP contribution in [0.2, 0.25) is 0 Å². The second-order valence-electron chi connectivity index (χ2n) is 6.05. The lowest BCUT2D eigenvalue weighted by molar-refractivity contribution is 0.0590. The molecule has 11 heteroatoms. The van der Waals surface area contributed by atoms with Crippen molar-refractivity contribution in [3.05, 3.63) is 58.5 Å². The van der Waals surface area contributed by atoms with Gasteiger partial charge in [0.05, 0.1) is 24.9 Å². The molecule has 3 aromatic rings. The number of aryl methyl sites for hydroxylation is 1. The van der Waals surface area contributed by atoms with Gasteiger partial charge in [-0.1, -0.05) is 11.3 Å². The fourth-order valence-corrected chi connectivity index (χ4v) is 3.21. The van der Waals surface area contributed by atoms with Crippen molar-refractivity contribution >= 4 is 29.4 Å². The first kappa shape index (κ1) is 20.2. The van der Waals surface area contributed by atoms with Gasteiger partial charge in [-0.15, -0.1) is 5.10 Å². The number of nitrogens with one attached hydrogen (secondary N) is 1. The van der Waals surface area contributed by atoms with Gasteiger partial charge in [0.2, 0.25) is 0 Å². The molecule has 0 aliphatic heterocycles. The Balaban J connectivity index is 0.000000169. The Morgan fingerprint density at radius 2 is 2.21 bits per heavy atom. The molecule has 1 aliphatic rings. The van der Waals surface area contributed by atoms with Crippen LogP contribution in [-0.4, -0.2) is 44.0 Å². The van der Waals surface area contributed by atoms with E-state index in [1.165, 1.54) is 24.4 Å². The number of carbonyl (C=O) groups excluding carboxylic acids is 1. The Kier molecular flexibility index (Phi) is 6.01. The van der Waals surface area contributed by atoms with Crippen molar-refractivity contribution in [2.45, 2.75) is 18.9 Å². The maximum atomic E-state index is 11.4. The minimum Gasteiger partial charge on any atom is -0.477 e. The molecule has 0 unspecified atom stereocenters. The van der Waals surface area contributed by atoms with Crippen LogP contribution in [0, 0.1) is 11.3 Å². The van der Waals surface area contributed by atoms with E-state index in [0.717, 1.165) is 29.0 Å². The third-order valence-corrected chi connectivity index (χ3v) is 4.63. The molecule has 0 spiro atoms. The van der Waals surface area contributed by atoms with E-state index in [1.54, 1.807) is 0 Å². The topological polar surface area (TPSA) is 142 Å². The van der Waals surface area contributed by atoms with Crippen LogP contribution in [0.15, 0.2) is 30.5 Å². The van der Waals surface area contributed by atoms with Crippen molar-refractivity contribution < 1.29 is 19.4 Å². The predicted molar refractivity (Wildman–Crippen MR) is 100 cm³/mol. The van der Waals surface area contributed by atoms with Crippen LogP contribution in [0.5, 0.6) is 0 Å². The number of aromatic nitrogens is 4. The summed E-state index contributed by atoms with van der Waals surface area (Å²) in [5, 5.41) is 24.6. The highest BCUT2D eigenvalue weighted by Crippen LogP contribution is 2.31. The molecule has 0 radical (unpaired) electrons. The van der Waals surface area contributed by atoms with Crippen molar-refractivity contribution in [3.8, 4) is 6.07 Å². The van der Waals surface area contributed by atoms with Gasteiger partial charge in [0.25, 0.3) is 0 Å². The van der Waals surface area contributed by atoms with Gasteiger partial charge in [-0.05, 0) is 47.9 Å². The van der Waals surface area contributed by atoms with Crippen LogP contribution in [0.3, 0.4) is 0 Å². The number of ether oxygens (including phenoxy) is 1. The van der Waals surface area contributed by atoms with Crippen LogP contribution in [0.1, 0.15) is 50.1 Å². The molecule has 0 saturated heterocycles. The Hall–Kier alpha value is -3.55. The summed E-state index contributed by atoms with van der Waals surface area (Å²) in [5.41, 5.74) is 3.07. The van der Waals surface area contributed by atoms with E-state index >= 15 is 0 Å². The van der Waals surface area contributed by atoms with Gasteiger partial charge in [0, 0.05) is 12.1 Å². The molecule has 0 amide bonds. The molecule has 0 saturated carbocycles. The number of hydrogen-bond acceptors (Lipinski definition) is 8. The number of halogens is 1. The van der Waals surface area contributed by atoms with Gasteiger partial charge in [-0.3, -0.25) is 0 Å². The molecule has 29 heavy (non-hydrogen) atoms. The number of nitrogens with zero attached hydrogens (tertiary/aromatic N) is 5. The number of nitriles is 1. The highest BCUT2D eigenvalue weighted by Gasteiger charge is 2.21. The molecular weight excluding hydrogens is 400 g/mol. The molecule has 2 aromatic heterocycles. The second-order valence-corrected chi connectivity index (χ2v) is 6.27. The SMILES string of the molecule is COC(=O)c1cc(C(=O)O)nc2cnnn12.N#Cc1ccc2c(c1)CC[C@@H]2NCl. The third-order valence-electron chi connectivity index (χ3n) is 4.36. The maximum Gasteiger partial charge on any atom is 0.356 e. The summed E-state index contributed by atoms with van der Waals surface area (Å²) in [7, 11) is 1.19. The summed E-state index contributed by atoms with van der Waals surface area (Å²) in [4.78, 5) is 28.6.